The van der Waals surface area contributed by atoms with Crippen LogP contribution in [0.2, 0.25) is 0 Å². The number of ether oxygens (including phenoxy) is 1. The summed E-state index contributed by atoms with van der Waals surface area (Å²) in [5.74, 6) is -0.567. The van der Waals surface area contributed by atoms with Crippen molar-refractivity contribution in [3.8, 4) is 0 Å². The molecule has 1 aliphatic carbocycles. The van der Waals surface area contributed by atoms with Crippen LogP contribution in [0.1, 0.15) is 39.1 Å². The average molecular weight is 339 g/mol. The van der Waals surface area contributed by atoms with Gasteiger partial charge in [-0.15, -0.1) is 0 Å². The number of carbonyl (C=O) groups excluding carboxylic acids is 2. The molecule has 1 atom stereocenters. The second-order valence-corrected chi connectivity index (χ2v) is 6.32. The van der Waals surface area contributed by atoms with Gasteiger partial charge in [0, 0.05) is 5.56 Å². The number of esters is 1. The minimum absolute atomic E-state index is 0.152. The van der Waals surface area contributed by atoms with E-state index in [1.807, 2.05) is 30.3 Å². The van der Waals surface area contributed by atoms with Crippen molar-refractivity contribution >= 4 is 11.9 Å². The molecule has 1 unspecified atom stereocenters. The molecule has 0 aromatic heterocycles. The predicted octanol–water partition coefficient (Wildman–Crippen LogP) is 2.50. The van der Waals surface area contributed by atoms with Crippen LogP contribution in [0.3, 0.4) is 0 Å². The van der Waals surface area contributed by atoms with Gasteiger partial charge < -0.3 is 15.2 Å². The van der Waals surface area contributed by atoms with Crippen molar-refractivity contribution < 1.29 is 19.4 Å². The monoisotopic (exact) mass is 339 g/mol. The van der Waals surface area contributed by atoms with Crippen LogP contribution < -0.4 is 5.32 Å². The van der Waals surface area contributed by atoms with Gasteiger partial charge in [0.2, 0.25) is 0 Å². The Morgan fingerprint density at radius 2 is 1.68 bits per heavy atom. The van der Waals surface area contributed by atoms with Gasteiger partial charge in [0.1, 0.15) is 5.60 Å². The highest BCUT2D eigenvalue weighted by molar-refractivity contribution is 5.96. The van der Waals surface area contributed by atoms with Crippen molar-refractivity contribution in [1.29, 1.82) is 0 Å². The number of hydrogen-bond acceptors (Lipinski definition) is 4. The van der Waals surface area contributed by atoms with Crippen LogP contribution in [0.4, 0.5) is 0 Å². The Morgan fingerprint density at radius 3 is 2.24 bits per heavy atom. The third kappa shape index (κ3) is 3.72. The minimum atomic E-state index is -1.05. The van der Waals surface area contributed by atoms with Crippen LogP contribution in [-0.4, -0.2) is 30.6 Å². The molecule has 1 saturated carbocycles. The normalized spacial score (nSPS) is 15.9. The topological polar surface area (TPSA) is 75.6 Å². The van der Waals surface area contributed by atoms with Gasteiger partial charge in [-0.05, 0) is 48.6 Å². The minimum Gasteiger partial charge on any atom is -0.465 e. The Labute approximate surface area is 146 Å². The number of benzene rings is 2. The number of aliphatic hydroxyl groups is 1. The molecule has 0 saturated heterocycles. The summed E-state index contributed by atoms with van der Waals surface area (Å²) in [6.07, 6.45) is 1.91. The van der Waals surface area contributed by atoms with E-state index in [-0.39, 0.29) is 18.4 Å². The number of amides is 1. The van der Waals surface area contributed by atoms with Crippen molar-refractivity contribution in [3.05, 3.63) is 71.3 Å². The third-order valence-electron chi connectivity index (χ3n) is 4.61. The number of rotatable bonds is 6. The van der Waals surface area contributed by atoms with Gasteiger partial charge >= 0.3 is 5.97 Å². The lowest BCUT2D eigenvalue weighted by atomic mass is 9.88. The van der Waals surface area contributed by atoms with Crippen LogP contribution >= 0.6 is 0 Å². The molecule has 3 rings (SSSR count). The number of carbonyl (C=O) groups is 2. The van der Waals surface area contributed by atoms with Crippen molar-refractivity contribution in [2.45, 2.75) is 18.4 Å². The molecule has 5 heteroatoms. The highest BCUT2D eigenvalue weighted by Crippen LogP contribution is 2.45. The molecule has 2 aromatic carbocycles. The van der Waals surface area contributed by atoms with Gasteiger partial charge in [0.25, 0.3) is 5.91 Å². The van der Waals surface area contributed by atoms with E-state index in [0.29, 0.717) is 11.1 Å². The molecule has 2 N–H and O–H groups in total. The van der Waals surface area contributed by atoms with Gasteiger partial charge in [0.05, 0.1) is 19.2 Å². The molecule has 0 spiro atoms. The summed E-state index contributed by atoms with van der Waals surface area (Å²) in [5.41, 5.74) is 0.582. The average Bonchev–Trinajstić information content (AvgIpc) is 3.51. The number of methoxy groups -OCH3 is 1. The summed E-state index contributed by atoms with van der Waals surface area (Å²) >= 11 is 0. The lowest BCUT2D eigenvalue weighted by molar-refractivity contribution is 0.0135. The van der Waals surface area contributed by atoms with E-state index in [1.54, 1.807) is 24.3 Å². The van der Waals surface area contributed by atoms with Crippen LogP contribution in [0.15, 0.2) is 54.6 Å². The molecule has 1 fully saturated rings. The quantitative estimate of drug-likeness (QED) is 0.793. The molecular weight excluding hydrogens is 318 g/mol. The first kappa shape index (κ1) is 17.2. The molecular formula is C20H21NO4. The molecule has 25 heavy (non-hydrogen) atoms. The fourth-order valence-electron chi connectivity index (χ4n) is 2.96. The summed E-state index contributed by atoms with van der Waals surface area (Å²) in [4.78, 5) is 23.8. The lowest BCUT2D eigenvalue weighted by Gasteiger charge is -2.29. The van der Waals surface area contributed by atoms with Gasteiger partial charge in [-0.2, -0.15) is 0 Å². The smallest absolute Gasteiger partial charge is 0.337 e. The van der Waals surface area contributed by atoms with Crippen molar-refractivity contribution in [1.82, 2.24) is 5.32 Å². The molecule has 5 nitrogen and oxygen atoms in total. The van der Waals surface area contributed by atoms with Crippen LogP contribution in [0.5, 0.6) is 0 Å². The van der Waals surface area contributed by atoms with Gasteiger partial charge in [0.15, 0.2) is 0 Å². The number of hydrogen-bond donors (Lipinski definition) is 2. The third-order valence-corrected chi connectivity index (χ3v) is 4.61. The summed E-state index contributed by atoms with van der Waals surface area (Å²) in [5, 5.41) is 13.9. The van der Waals surface area contributed by atoms with Crippen molar-refractivity contribution in [3.63, 3.8) is 0 Å². The maximum absolute atomic E-state index is 12.4. The predicted molar refractivity (Wildman–Crippen MR) is 93.2 cm³/mol. The van der Waals surface area contributed by atoms with E-state index in [2.05, 4.69) is 10.1 Å². The van der Waals surface area contributed by atoms with E-state index in [9.17, 15) is 14.7 Å². The first-order valence-electron chi connectivity index (χ1n) is 8.29. The van der Waals surface area contributed by atoms with E-state index in [4.69, 9.17) is 0 Å². The van der Waals surface area contributed by atoms with E-state index < -0.39 is 11.6 Å². The maximum Gasteiger partial charge on any atom is 0.337 e. The largest absolute Gasteiger partial charge is 0.465 e. The summed E-state index contributed by atoms with van der Waals surface area (Å²) in [6.45, 7) is 0.152. The second kappa shape index (κ2) is 7.07. The van der Waals surface area contributed by atoms with Gasteiger partial charge in [-0.3, -0.25) is 4.79 Å². The Bertz CT molecular complexity index is 753. The second-order valence-electron chi connectivity index (χ2n) is 6.32. The van der Waals surface area contributed by atoms with E-state index in [1.165, 1.54) is 7.11 Å². The van der Waals surface area contributed by atoms with Gasteiger partial charge in [-0.25, -0.2) is 4.79 Å². The van der Waals surface area contributed by atoms with Crippen LogP contribution in [0, 0.1) is 5.92 Å². The fourth-order valence-corrected chi connectivity index (χ4v) is 2.96. The summed E-state index contributed by atoms with van der Waals surface area (Å²) < 4.78 is 4.64. The zero-order chi connectivity index (χ0) is 17.9. The Kier molecular flexibility index (Phi) is 4.86. The molecule has 0 bridgehead atoms. The van der Waals surface area contributed by atoms with E-state index in [0.717, 1.165) is 18.4 Å². The van der Waals surface area contributed by atoms with E-state index >= 15 is 0 Å². The fraction of sp³-hybridized carbons (Fsp3) is 0.300. The lowest BCUT2D eigenvalue weighted by Crippen LogP contribution is -2.42. The number of nitrogens with one attached hydrogen (secondary N) is 1. The molecule has 0 aliphatic heterocycles. The first-order chi connectivity index (χ1) is 12.0. The molecule has 130 valence electrons. The zero-order valence-corrected chi connectivity index (χ0v) is 14.1. The summed E-state index contributed by atoms with van der Waals surface area (Å²) in [7, 11) is 1.31. The van der Waals surface area contributed by atoms with Crippen LogP contribution in [-0.2, 0) is 10.3 Å². The zero-order valence-electron chi connectivity index (χ0n) is 14.1. The molecule has 1 amide bonds. The standard InChI is InChI=1S/C20H21NO4/c1-25-19(23)15-9-7-14(8-10-15)18(22)21-13-20(24,17-11-12-17)16-5-3-2-4-6-16/h2-10,17,24H,11-13H2,1H3,(H,21,22). The maximum atomic E-state index is 12.4. The molecule has 2 aromatic rings. The summed E-state index contributed by atoms with van der Waals surface area (Å²) in [6, 6.07) is 15.7. The highest BCUT2D eigenvalue weighted by atomic mass is 16.5. The SMILES string of the molecule is COC(=O)c1ccc(C(=O)NCC(O)(c2ccccc2)C2CC2)cc1. The first-order valence-corrected chi connectivity index (χ1v) is 8.29. The van der Waals surface area contributed by atoms with Gasteiger partial charge in [-0.1, -0.05) is 30.3 Å². The Balaban J connectivity index is 1.69. The van der Waals surface area contributed by atoms with Crippen LogP contribution in [0.25, 0.3) is 0 Å². The molecule has 0 heterocycles. The molecule has 0 radical (unpaired) electrons. The van der Waals surface area contributed by atoms with Crippen molar-refractivity contribution in [2.75, 3.05) is 13.7 Å². The highest BCUT2D eigenvalue weighted by Gasteiger charge is 2.45. The van der Waals surface area contributed by atoms with Crippen molar-refractivity contribution in [2.24, 2.45) is 5.92 Å². The molecule has 1 aliphatic rings. The Morgan fingerprint density at radius 1 is 1.08 bits per heavy atom. The Hall–Kier alpha value is -2.66.